The standard InChI is InChI=1S/C20H18BNO3S/c1-14-7-10-17(11-8-14)26(24,25)22-19-12-9-16(21)13-18(19)20(23)15-5-3-2-4-6-15/h2-13,22H,21H2,1H3. The zero-order valence-electron chi connectivity index (χ0n) is 14.6. The quantitative estimate of drug-likeness (QED) is 0.559. The van der Waals surface area contributed by atoms with Gasteiger partial charge in [-0.05, 0) is 25.1 Å². The molecule has 130 valence electrons. The van der Waals surface area contributed by atoms with E-state index in [0.717, 1.165) is 11.0 Å². The minimum absolute atomic E-state index is 0.154. The van der Waals surface area contributed by atoms with Crippen LogP contribution in [0.15, 0.2) is 77.7 Å². The van der Waals surface area contributed by atoms with Gasteiger partial charge in [0.15, 0.2) is 5.78 Å². The highest BCUT2D eigenvalue weighted by Gasteiger charge is 2.19. The Bertz CT molecular complexity index is 1050. The fraction of sp³-hybridized carbons (Fsp3) is 0.0500. The first-order valence-electron chi connectivity index (χ1n) is 8.17. The molecule has 0 bridgehead atoms. The van der Waals surface area contributed by atoms with E-state index in [-0.39, 0.29) is 16.4 Å². The monoisotopic (exact) mass is 363 g/mol. The Kier molecular flexibility index (Phi) is 4.95. The fourth-order valence-electron chi connectivity index (χ4n) is 2.60. The number of ketones is 1. The van der Waals surface area contributed by atoms with E-state index in [9.17, 15) is 13.2 Å². The Morgan fingerprint density at radius 1 is 0.923 bits per heavy atom. The summed E-state index contributed by atoms with van der Waals surface area (Å²) in [5, 5.41) is 0. The Morgan fingerprint density at radius 3 is 2.23 bits per heavy atom. The molecule has 0 amide bonds. The molecule has 0 unspecified atom stereocenters. The molecule has 0 aliphatic rings. The van der Waals surface area contributed by atoms with Crippen molar-refractivity contribution in [2.75, 3.05) is 4.72 Å². The number of hydrogen-bond donors (Lipinski definition) is 1. The summed E-state index contributed by atoms with van der Waals surface area (Å²) >= 11 is 0. The van der Waals surface area contributed by atoms with Crippen molar-refractivity contribution in [1.82, 2.24) is 0 Å². The largest absolute Gasteiger partial charge is 0.289 e. The van der Waals surface area contributed by atoms with Crippen molar-refractivity contribution in [3.63, 3.8) is 0 Å². The van der Waals surface area contributed by atoms with Crippen LogP contribution in [0.5, 0.6) is 0 Å². The molecule has 4 nitrogen and oxygen atoms in total. The van der Waals surface area contributed by atoms with Gasteiger partial charge in [-0.3, -0.25) is 9.52 Å². The van der Waals surface area contributed by atoms with Crippen LogP contribution >= 0.6 is 0 Å². The third-order valence-corrected chi connectivity index (χ3v) is 5.41. The van der Waals surface area contributed by atoms with Crippen LogP contribution in [0, 0.1) is 6.92 Å². The predicted octanol–water partition coefficient (Wildman–Crippen LogP) is 2.29. The van der Waals surface area contributed by atoms with Crippen molar-refractivity contribution in [2.24, 2.45) is 0 Å². The van der Waals surface area contributed by atoms with Crippen molar-refractivity contribution in [3.8, 4) is 0 Å². The second-order valence-corrected chi connectivity index (χ2v) is 7.85. The normalized spacial score (nSPS) is 11.1. The van der Waals surface area contributed by atoms with E-state index in [1.165, 1.54) is 0 Å². The zero-order valence-corrected chi connectivity index (χ0v) is 15.4. The van der Waals surface area contributed by atoms with Gasteiger partial charge in [0.05, 0.1) is 10.6 Å². The lowest BCUT2D eigenvalue weighted by Gasteiger charge is -2.13. The average Bonchev–Trinajstić information content (AvgIpc) is 2.63. The van der Waals surface area contributed by atoms with Gasteiger partial charge in [-0.15, -0.1) is 0 Å². The van der Waals surface area contributed by atoms with E-state index in [4.69, 9.17) is 0 Å². The summed E-state index contributed by atoms with van der Waals surface area (Å²) in [5.74, 6) is -0.226. The third-order valence-electron chi connectivity index (χ3n) is 4.03. The second kappa shape index (κ2) is 7.18. The highest BCUT2D eigenvalue weighted by molar-refractivity contribution is 7.92. The van der Waals surface area contributed by atoms with E-state index < -0.39 is 10.0 Å². The van der Waals surface area contributed by atoms with E-state index >= 15 is 0 Å². The molecule has 0 saturated heterocycles. The molecule has 0 aliphatic heterocycles. The number of aryl methyl sites for hydroxylation is 1. The fourth-order valence-corrected chi connectivity index (χ4v) is 3.68. The number of anilines is 1. The lowest BCUT2D eigenvalue weighted by atomic mass is 9.91. The SMILES string of the molecule is Bc1ccc(NS(=O)(=O)c2ccc(C)cc2)c(C(=O)c2ccccc2)c1. The van der Waals surface area contributed by atoms with E-state index in [2.05, 4.69) is 4.72 Å². The van der Waals surface area contributed by atoms with Crippen LogP contribution in [-0.4, -0.2) is 22.0 Å². The van der Waals surface area contributed by atoms with E-state index in [1.54, 1.807) is 66.7 Å². The minimum Gasteiger partial charge on any atom is -0.289 e. The van der Waals surface area contributed by atoms with Crippen LogP contribution in [-0.2, 0) is 10.0 Å². The molecule has 0 spiro atoms. The number of hydrogen-bond acceptors (Lipinski definition) is 3. The summed E-state index contributed by atoms with van der Waals surface area (Å²) in [6.07, 6.45) is 0. The number of rotatable bonds is 5. The Labute approximate surface area is 154 Å². The smallest absolute Gasteiger partial charge is 0.261 e. The molecular weight excluding hydrogens is 345 g/mol. The number of carbonyl (C=O) groups excluding carboxylic acids is 1. The number of benzene rings is 3. The molecule has 0 atom stereocenters. The van der Waals surface area contributed by atoms with Gasteiger partial charge in [0.1, 0.15) is 7.85 Å². The molecule has 0 heterocycles. The summed E-state index contributed by atoms with van der Waals surface area (Å²) in [6, 6.07) is 20.5. The molecular formula is C20H18BNO3S. The van der Waals surface area contributed by atoms with E-state index in [1.807, 2.05) is 20.8 Å². The average molecular weight is 363 g/mol. The molecule has 3 rings (SSSR count). The van der Waals surface area contributed by atoms with Gasteiger partial charge in [0, 0.05) is 11.1 Å². The topological polar surface area (TPSA) is 63.2 Å². The summed E-state index contributed by atoms with van der Waals surface area (Å²) in [6.45, 7) is 1.89. The van der Waals surface area contributed by atoms with Crippen molar-refractivity contribution in [3.05, 3.63) is 89.5 Å². The molecule has 0 saturated carbocycles. The van der Waals surface area contributed by atoms with Crippen LogP contribution in [0.2, 0.25) is 0 Å². The molecule has 3 aromatic rings. The molecule has 3 aromatic carbocycles. The summed E-state index contributed by atoms with van der Waals surface area (Å²) < 4.78 is 27.9. The number of carbonyl (C=O) groups is 1. The third kappa shape index (κ3) is 3.86. The maximum Gasteiger partial charge on any atom is 0.261 e. The van der Waals surface area contributed by atoms with E-state index in [0.29, 0.717) is 11.1 Å². The Hall–Kier alpha value is -2.86. The summed E-state index contributed by atoms with van der Waals surface area (Å²) in [4.78, 5) is 13.0. The first-order chi connectivity index (χ1) is 12.4. The van der Waals surface area contributed by atoms with Crippen molar-refractivity contribution in [1.29, 1.82) is 0 Å². The lowest BCUT2D eigenvalue weighted by molar-refractivity contribution is 0.103. The maximum atomic E-state index is 12.9. The first kappa shape index (κ1) is 18.0. The van der Waals surface area contributed by atoms with Crippen LogP contribution in [0.1, 0.15) is 21.5 Å². The van der Waals surface area contributed by atoms with Gasteiger partial charge < -0.3 is 0 Å². The van der Waals surface area contributed by atoms with Crippen LogP contribution in [0.4, 0.5) is 5.69 Å². The highest BCUT2D eigenvalue weighted by atomic mass is 32.2. The van der Waals surface area contributed by atoms with Crippen LogP contribution < -0.4 is 10.2 Å². The predicted molar refractivity (Wildman–Crippen MR) is 106 cm³/mol. The highest BCUT2D eigenvalue weighted by Crippen LogP contribution is 2.22. The maximum absolute atomic E-state index is 12.9. The number of sulfonamides is 1. The molecule has 0 fully saturated rings. The summed E-state index contributed by atoms with van der Waals surface area (Å²) in [7, 11) is -1.92. The molecule has 0 aliphatic carbocycles. The molecule has 1 N–H and O–H groups in total. The molecule has 0 radical (unpaired) electrons. The van der Waals surface area contributed by atoms with Crippen LogP contribution in [0.25, 0.3) is 0 Å². The van der Waals surface area contributed by atoms with Gasteiger partial charge in [0.2, 0.25) is 0 Å². The molecule has 6 heteroatoms. The van der Waals surface area contributed by atoms with Crippen molar-refractivity contribution < 1.29 is 13.2 Å². The molecule has 0 aromatic heterocycles. The number of nitrogens with one attached hydrogen (secondary N) is 1. The lowest BCUT2D eigenvalue weighted by Crippen LogP contribution is -2.18. The van der Waals surface area contributed by atoms with Crippen molar-refractivity contribution in [2.45, 2.75) is 11.8 Å². The Balaban J connectivity index is 2.01. The summed E-state index contributed by atoms with van der Waals surface area (Å²) in [5.41, 5.74) is 2.95. The minimum atomic E-state index is -3.78. The second-order valence-electron chi connectivity index (χ2n) is 6.16. The van der Waals surface area contributed by atoms with Gasteiger partial charge in [-0.1, -0.05) is 65.6 Å². The van der Waals surface area contributed by atoms with Crippen molar-refractivity contribution >= 4 is 34.8 Å². The van der Waals surface area contributed by atoms with Gasteiger partial charge >= 0.3 is 0 Å². The van der Waals surface area contributed by atoms with Crippen LogP contribution in [0.3, 0.4) is 0 Å². The van der Waals surface area contributed by atoms with Gasteiger partial charge in [0.25, 0.3) is 10.0 Å². The zero-order chi connectivity index (χ0) is 18.7. The first-order valence-corrected chi connectivity index (χ1v) is 9.65. The Morgan fingerprint density at radius 2 is 1.58 bits per heavy atom. The van der Waals surface area contributed by atoms with Gasteiger partial charge in [-0.25, -0.2) is 8.42 Å². The van der Waals surface area contributed by atoms with Gasteiger partial charge in [-0.2, -0.15) is 0 Å². The molecule has 26 heavy (non-hydrogen) atoms.